The summed E-state index contributed by atoms with van der Waals surface area (Å²) in [6.45, 7) is 9.04. The zero-order chi connectivity index (χ0) is 28.8. The summed E-state index contributed by atoms with van der Waals surface area (Å²) in [5, 5.41) is 0. The van der Waals surface area contributed by atoms with E-state index in [0.29, 0.717) is 0 Å². The summed E-state index contributed by atoms with van der Waals surface area (Å²) in [7, 11) is 0. The number of hydrogen-bond acceptors (Lipinski definition) is 1. The van der Waals surface area contributed by atoms with Gasteiger partial charge in [-0.15, -0.1) is 0 Å². The Morgan fingerprint density at radius 3 is 1.57 bits per heavy atom. The SMILES string of the molecule is Cc1ccc(N(c2ccc(-c3cccc(-c4ccccc4)c3)cc2)c2ccc3c(c2)C(C)(C)c2cc(C)ccc2-3)cc1. The Balaban J connectivity index is 1.30. The van der Waals surface area contributed by atoms with E-state index in [-0.39, 0.29) is 5.41 Å². The summed E-state index contributed by atoms with van der Waals surface area (Å²) in [5.74, 6) is 0. The minimum Gasteiger partial charge on any atom is -0.310 e. The smallest absolute Gasteiger partial charge is 0.0465 e. The number of anilines is 3. The Kier molecular flexibility index (Phi) is 6.32. The first-order chi connectivity index (χ1) is 20.4. The van der Waals surface area contributed by atoms with Crippen molar-refractivity contribution in [1.29, 1.82) is 0 Å². The van der Waals surface area contributed by atoms with Crippen LogP contribution in [0.3, 0.4) is 0 Å². The van der Waals surface area contributed by atoms with Crippen LogP contribution in [0.5, 0.6) is 0 Å². The summed E-state index contributed by atoms with van der Waals surface area (Å²) in [5.41, 5.74) is 16.4. The predicted octanol–water partition coefficient (Wildman–Crippen LogP) is 11.4. The fourth-order valence-electron chi connectivity index (χ4n) is 6.43. The summed E-state index contributed by atoms with van der Waals surface area (Å²) < 4.78 is 0. The van der Waals surface area contributed by atoms with Gasteiger partial charge in [-0.3, -0.25) is 0 Å². The Morgan fingerprint density at radius 1 is 0.405 bits per heavy atom. The van der Waals surface area contributed by atoms with Gasteiger partial charge in [-0.2, -0.15) is 0 Å². The van der Waals surface area contributed by atoms with Crippen molar-refractivity contribution in [2.24, 2.45) is 0 Å². The normalized spacial score (nSPS) is 13.0. The van der Waals surface area contributed by atoms with Crippen LogP contribution in [-0.2, 0) is 5.41 Å². The maximum Gasteiger partial charge on any atom is 0.0465 e. The molecule has 42 heavy (non-hydrogen) atoms. The van der Waals surface area contributed by atoms with E-state index < -0.39 is 0 Å². The molecule has 0 saturated carbocycles. The molecule has 1 aliphatic carbocycles. The lowest BCUT2D eigenvalue weighted by molar-refractivity contribution is 0.660. The molecule has 0 spiro atoms. The molecule has 0 aliphatic heterocycles. The van der Waals surface area contributed by atoms with E-state index in [1.165, 1.54) is 61.3 Å². The molecule has 0 N–H and O–H groups in total. The molecule has 1 nitrogen and oxygen atoms in total. The third kappa shape index (κ3) is 4.52. The molecule has 0 bridgehead atoms. The molecule has 1 aliphatic rings. The van der Waals surface area contributed by atoms with Crippen molar-refractivity contribution in [2.75, 3.05) is 4.90 Å². The molecule has 204 valence electrons. The molecule has 0 saturated heterocycles. The Hall–Kier alpha value is -4.88. The lowest BCUT2D eigenvalue weighted by Gasteiger charge is -2.28. The number of nitrogens with zero attached hydrogens (tertiary/aromatic N) is 1. The number of rotatable bonds is 5. The second-order valence-electron chi connectivity index (χ2n) is 12.1. The van der Waals surface area contributed by atoms with E-state index in [1.807, 2.05) is 0 Å². The van der Waals surface area contributed by atoms with E-state index in [1.54, 1.807) is 0 Å². The first-order valence-corrected chi connectivity index (χ1v) is 14.8. The van der Waals surface area contributed by atoms with Gasteiger partial charge in [-0.25, -0.2) is 0 Å². The maximum atomic E-state index is 2.40. The first kappa shape index (κ1) is 26.0. The highest BCUT2D eigenvalue weighted by Gasteiger charge is 2.36. The monoisotopic (exact) mass is 541 g/mol. The largest absolute Gasteiger partial charge is 0.310 e. The third-order valence-electron chi connectivity index (χ3n) is 8.79. The van der Waals surface area contributed by atoms with Crippen LogP contribution in [0.4, 0.5) is 17.1 Å². The number of fused-ring (bicyclic) bond motifs is 3. The van der Waals surface area contributed by atoms with E-state index in [9.17, 15) is 0 Å². The van der Waals surface area contributed by atoms with Crippen LogP contribution in [0.1, 0.15) is 36.1 Å². The van der Waals surface area contributed by atoms with E-state index in [0.717, 1.165) is 11.4 Å². The Bertz CT molecular complexity index is 1890. The molecular formula is C41H35N. The quantitative estimate of drug-likeness (QED) is 0.210. The molecule has 6 aromatic carbocycles. The molecule has 7 rings (SSSR count). The zero-order valence-corrected chi connectivity index (χ0v) is 24.7. The van der Waals surface area contributed by atoms with Crippen molar-refractivity contribution in [3.8, 4) is 33.4 Å². The fraction of sp³-hybridized carbons (Fsp3) is 0.122. The molecule has 6 aromatic rings. The van der Waals surface area contributed by atoms with Gasteiger partial charge in [0.05, 0.1) is 0 Å². The first-order valence-electron chi connectivity index (χ1n) is 14.8. The minimum atomic E-state index is -0.0563. The molecule has 0 atom stereocenters. The van der Waals surface area contributed by atoms with Gasteiger partial charge < -0.3 is 4.90 Å². The van der Waals surface area contributed by atoms with Crippen molar-refractivity contribution >= 4 is 17.1 Å². The summed E-state index contributed by atoms with van der Waals surface area (Å²) >= 11 is 0. The van der Waals surface area contributed by atoms with Gasteiger partial charge in [-0.1, -0.05) is 122 Å². The van der Waals surface area contributed by atoms with Crippen LogP contribution >= 0.6 is 0 Å². The van der Waals surface area contributed by atoms with Gasteiger partial charge in [0, 0.05) is 22.5 Å². The van der Waals surface area contributed by atoms with Gasteiger partial charge >= 0.3 is 0 Å². The molecule has 0 fully saturated rings. The van der Waals surface area contributed by atoms with Crippen LogP contribution in [0.15, 0.2) is 140 Å². The summed E-state index contributed by atoms with van der Waals surface area (Å²) in [6, 6.07) is 51.1. The van der Waals surface area contributed by atoms with Gasteiger partial charge in [0.1, 0.15) is 0 Å². The zero-order valence-electron chi connectivity index (χ0n) is 24.7. The highest BCUT2D eigenvalue weighted by atomic mass is 15.1. The fourth-order valence-corrected chi connectivity index (χ4v) is 6.43. The minimum absolute atomic E-state index is 0.0563. The van der Waals surface area contributed by atoms with Crippen molar-refractivity contribution in [1.82, 2.24) is 0 Å². The van der Waals surface area contributed by atoms with E-state index in [4.69, 9.17) is 0 Å². The van der Waals surface area contributed by atoms with Crippen LogP contribution in [0.2, 0.25) is 0 Å². The lowest BCUT2D eigenvalue weighted by Crippen LogP contribution is -2.16. The van der Waals surface area contributed by atoms with Crippen LogP contribution in [0.25, 0.3) is 33.4 Å². The van der Waals surface area contributed by atoms with Gasteiger partial charge in [0.15, 0.2) is 0 Å². The molecule has 1 heteroatoms. The van der Waals surface area contributed by atoms with Crippen LogP contribution in [0, 0.1) is 13.8 Å². The Morgan fingerprint density at radius 2 is 0.905 bits per heavy atom. The van der Waals surface area contributed by atoms with Crippen molar-refractivity contribution in [3.05, 3.63) is 162 Å². The summed E-state index contributed by atoms with van der Waals surface area (Å²) in [4.78, 5) is 2.38. The maximum absolute atomic E-state index is 2.40. The van der Waals surface area contributed by atoms with Crippen molar-refractivity contribution < 1.29 is 0 Å². The van der Waals surface area contributed by atoms with Crippen LogP contribution < -0.4 is 4.90 Å². The third-order valence-corrected chi connectivity index (χ3v) is 8.79. The number of hydrogen-bond donors (Lipinski definition) is 0. The van der Waals surface area contributed by atoms with Crippen LogP contribution in [-0.4, -0.2) is 0 Å². The molecule has 0 heterocycles. The lowest BCUT2D eigenvalue weighted by atomic mass is 9.82. The predicted molar refractivity (Wildman–Crippen MR) is 179 cm³/mol. The average Bonchev–Trinajstić information content (AvgIpc) is 3.24. The van der Waals surface area contributed by atoms with Gasteiger partial charge in [-0.05, 0) is 101 Å². The van der Waals surface area contributed by atoms with E-state index >= 15 is 0 Å². The molecule has 0 amide bonds. The van der Waals surface area contributed by atoms with Gasteiger partial charge in [0.2, 0.25) is 0 Å². The second kappa shape index (κ2) is 10.2. The van der Waals surface area contributed by atoms with Gasteiger partial charge in [0.25, 0.3) is 0 Å². The summed E-state index contributed by atoms with van der Waals surface area (Å²) in [6.07, 6.45) is 0. The van der Waals surface area contributed by atoms with E-state index in [2.05, 4.69) is 172 Å². The standard InChI is InChI=1S/C41H35N/c1-28-13-18-34(19-14-28)42(36-22-24-38-37-23-15-29(2)25-39(37)41(3,4)40(38)27-36)35-20-16-31(17-21-35)33-12-8-11-32(26-33)30-9-6-5-7-10-30/h5-27H,1-4H3. The molecule has 0 radical (unpaired) electrons. The second-order valence-corrected chi connectivity index (χ2v) is 12.1. The molecule has 0 unspecified atom stereocenters. The highest BCUT2D eigenvalue weighted by Crippen LogP contribution is 2.51. The van der Waals surface area contributed by atoms with Crippen molar-refractivity contribution in [2.45, 2.75) is 33.1 Å². The topological polar surface area (TPSA) is 3.24 Å². The molecular weight excluding hydrogens is 506 g/mol. The number of benzene rings is 6. The highest BCUT2D eigenvalue weighted by molar-refractivity contribution is 5.86. The Labute approximate surface area is 249 Å². The number of aryl methyl sites for hydroxylation is 2. The van der Waals surface area contributed by atoms with Crippen molar-refractivity contribution in [3.63, 3.8) is 0 Å². The average molecular weight is 542 g/mol. The molecule has 0 aromatic heterocycles.